The maximum absolute atomic E-state index is 10.5. The summed E-state index contributed by atoms with van der Waals surface area (Å²) >= 11 is 0. The van der Waals surface area contributed by atoms with Gasteiger partial charge in [-0.1, -0.05) is 0 Å². The Morgan fingerprint density at radius 3 is 2.52 bits per heavy atom. The fraction of sp³-hybridized carbons (Fsp3) is 0.400. The third-order valence-electron chi connectivity index (χ3n) is 4.07. The van der Waals surface area contributed by atoms with E-state index in [2.05, 4.69) is 10.2 Å². The van der Waals surface area contributed by atoms with Gasteiger partial charge in [0.15, 0.2) is 11.5 Å². The molecule has 0 radical (unpaired) electrons. The standard InChI is InChI=1S/C15H17N3O3/c1-6-3-8-12(10-5-11(16)18-17-10)14-9(4-7(2)20-14)13(19)15(8)21-6/h5-7,19H,3-4H2,1-2H3,(H3,16,17,18). The summed E-state index contributed by atoms with van der Waals surface area (Å²) in [5, 5.41) is 17.4. The molecule has 1 aromatic heterocycles. The van der Waals surface area contributed by atoms with E-state index in [0.29, 0.717) is 18.0 Å². The minimum atomic E-state index is 0.0323. The number of nitrogens with one attached hydrogen (secondary N) is 1. The number of H-pyrrole nitrogens is 1. The molecule has 2 atom stereocenters. The number of aromatic amines is 1. The molecule has 2 aliphatic rings. The number of phenols is 1. The quantitative estimate of drug-likeness (QED) is 0.746. The predicted molar refractivity (Wildman–Crippen MR) is 77.7 cm³/mol. The van der Waals surface area contributed by atoms with Gasteiger partial charge in [0.2, 0.25) is 0 Å². The van der Waals surface area contributed by atoms with Crippen molar-refractivity contribution >= 4 is 5.82 Å². The van der Waals surface area contributed by atoms with Gasteiger partial charge in [0.25, 0.3) is 0 Å². The van der Waals surface area contributed by atoms with Crippen LogP contribution in [0.1, 0.15) is 25.0 Å². The van der Waals surface area contributed by atoms with Gasteiger partial charge in [-0.15, -0.1) is 0 Å². The molecule has 6 heteroatoms. The number of nitrogens with zero attached hydrogens (tertiary/aromatic N) is 1. The van der Waals surface area contributed by atoms with Gasteiger partial charge in [-0.2, -0.15) is 5.10 Å². The van der Waals surface area contributed by atoms with Crippen LogP contribution in [-0.2, 0) is 12.8 Å². The van der Waals surface area contributed by atoms with Crippen molar-refractivity contribution in [1.29, 1.82) is 0 Å². The summed E-state index contributed by atoms with van der Waals surface area (Å²) in [7, 11) is 0. The van der Waals surface area contributed by atoms with Crippen LogP contribution in [0.25, 0.3) is 11.3 Å². The second-order valence-electron chi connectivity index (χ2n) is 5.81. The maximum atomic E-state index is 10.5. The molecule has 0 saturated carbocycles. The smallest absolute Gasteiger partial charge is 0.165 e. The van der Waals surface area contributed by atoms with Gasteiger partial charge >= 0.3 is 0 Å². The third-order valence-corrected chi connectivity index (χ3v) is 4.07. The number of nitrogens with two attached hydrogens (primary N) is 1. The lowest BCUT2D eigenvalue weighted by molar-refractivity contribution is 0.244. The van der Waals surface area contributed by atoms with E-state index in [1.54, 1.807) is 6.07 Å². The number of hydrogen-bond donors (Lipinski definition) is 3. The Labute approximate surface area is 121 Å². The molecule has 21 heavy (non-hydrogen) atoms. The van der Waals surface area contributed by atoms with Crippen molar-refractivity contribution in [1.82, 2.24) is 10.2 Å². The maximum Gasteiger partial charge on any atom is 0.165 e. The SMILES string of the molecule is CC1Cc2c(c(O)c3c(c2-c2cc(N)n[nH]2)OC(C)C3)O1. The molecule has 0 aliphatic carbocycles. The molecule has 2 unspecified atom stereocenters. The average molecular weight is 287 g/mol. The number of benzene rings is 1. The number of hydrogen-bond acceptors (Lipinski definition) is 5. The largest absolute Gasteiger partial charge is 0.504 e. The first-order chi connectivity index (χ1) is 10.0. The van der Waals surface area contributed by atoms with E-state index in [1.165, 1.54) is 0 Å². The molecule has 6 nitrogen and oxygen atoms in total. The Balaban J connectivity index is 2.02. The van der Waals surface area contributed by atoms with Gasteiger partial charge in [-0.25, -0.2) is 0 Å². The Hall–Kier alpha value is -2.37. The van der Waals surface area contributed by atoms with Crippen LogP contribution in [0.15, 0.2) is 6.07 Å². The second-order valence-corrected chi connectivity index (χ2v) is 5.81. The lowest BCUT2D eigenvalue weighted by Gasteiger charge is -2.13. The Morgan fingerprint density at radius 2 is 1.86 bits per heavy atom. The number of fused-ring (bicyclic) bond motifs is 2. The monoisotopic (exact) mass is 287 g/mol. The molecule has 0 bridgehead atoms. The highest BCUT2D eigenvalue weighted by Crippen LogP contribution is 2.53. The molecule has 3 heterocycles. The summed E-state index contributed by atoms with van der Waals surface area (Å²) in [5.41, 5.74) is 9.20. The normalized spacial score (nSPS) is 22.6. The molecule has 0 fully saturated rings. The number of anilines is 1. The van der Waals surface area contributed by atoms with Crippen molar-refractivity contribution in [3.05, 3.63) is 17.2 Å². The van der Waals surface area contributed by atoms with E-state index < -0.39 is 0 Å². The van der Waals surface area contributed by atoms with Crippen molar-refractivity contribution < 1.29 is 14.6 Å². The fourth-order valence-electron chi connectivity index (χ4n) is 3.24. The molecule has 0 spiro atoms. The summed E-state index contributed by atoms with van der Waals surface area (Å²) < 4.78 is 11.7. The first kappa shape index (κ1) is 12.4. The van der Waals surface area contributed by atoms with Crippen LogP contribution in [0.3, 0.4) is 0 Å². The van der Waals surface area contributed by atoms with Crippen LogP contribution in [-0.4, -0.2) is 27.5 Å². The number of aromatic hydroxyl groups is 1. The highest BCUT2D eigenvalue weighted by Gasteiger charge is 2.36. The molecule has 0 saturated heterocycles. The first-order valence-electron chi connectivity index (χ1n) is 7.09. The average Bonchev–Trinajstić information content (AvgIpc) is 3.09. The zero-order valence-corrected chi connectivity index (χ0v) is 11.9. The minimum Gasteiger partial charge on any atom is -0.504 e. The second kappa shape index (κ2) is 4.07. The summed E-state index contributed by atoms with van der Waals surface area (Å²) in [6.45, 7) is 3.97. The molecule has 2 aromatic rings. The van der Waals surface area contributed by atoms with Crippen LogP contribution in [0.5, 0.6) is 17.2 Å². The molecular formula is C15H17N3O3. The fourth-order valence-corrected chi connectivity index (χ4v) is 3.24. The zero-order chi connectivity index (χ0) is 14.7. The number of nitrogen functional groups attached to an aromatic ring is 1. The number of ether oxygens (including phenoxy) is 2. The molecule has 4 N–H and O–H groups in total. The topological polar surface area (TPSA) is 93.4 Å². The highest BCUT2D eigenvalue weighted by atomic mass is 16.5. The molecule has 1 aromatic carbocycles. The summed E-state index contributed by atoms with van der Waals surface area (Å²) in [4.78, 5) is 0. The third kappa shape index (κ3) is 1.68. The van der Waals surface area contributed by atoms with Crippen molar-refractivity contribution in [2.45, 2.75) is 38.9 Å². The van der Waals surface area contributed by atoms with E-state index >= 15 is 0 Å². The van der Waals surface area contributed by atoms with Gasteiger partial charge in [-0.05, 0) is 13.8 Å². The number of rotatable bonds is 1. The van der Waals surface area contributed by atoms with E-state index in [4.69, 9.17) is 15.2 Å². The van der Waals surface area contributed by atoms with Crippen LogP contribution in [0.2, 0.25) is 0 Å². The van der Waals surface area contributed by atoms with Crippen LogP contribution < -0.4 is 15.2 Å². The van der Waals surface area contributed by atoms with Crippen molar-refractivity contribution in [2.24, 2.45) is 0 Å². The van der Waals surface area contributed by atoms with Gasteiger partial charge in [0, 0.05) is 35.6 Å². The van der Waals surface area contributed by atoms with Crippen molar-refractivity contribution in [3.63, 3.8) is 0 Å². The first-order valence-corrected chi connectivity index (χ1v) is 7.09. The molecule has 2 aliphatic heterocycles. The Kier molecular flexibility index (Phi) is 2.40. The van der Waals surface area contributed by atoms with E-state index in [9.17, 15) is 5.11 Å². The Bertz CT molecular complexity index is 699. The molecule has 4 rings (SSSR count). The van der Waals surface area contributed by atoms with Crippen LogP contribution in [0, 0.1) is 0 Å². The van der Waals surface area contributed by atoms with Crippen LogP contribution >= 0.6 is 0 Å². The summed E-state index contributed by atoms with van der Waals surface area (Å²) in [6, 6.07) is 1.78. The van der Waals surface area contributed by atoms with Crippen LogP contribution in [0.4, 0.5) is 5.82 Å². The highest BCUT2D eigenvalue weighted by molar-refractivity contribution is 5.81. The van der Waals surface area contributed by atoms with Gasteiger partial charge in [0.1, 0.15) is 23.8 Å². The van der Waals surface area contributed by atoms with Gasteiger partial charge in [0.05, 0.1) is 5.69 Å². The molecular weight excluding hydrogens is 270 g/mol. The van der Waals surface area contributed by atoms with Gasteiger partial charge in [-0.3, -0.25) is 5.10 Å². The lowest BCUT2D eigenvalue weighted by atomic mass is 9.95. The van der Waals surface area contributed by atoms with E-state index in [-0.39, 0.29) is 18.0 Å². The van der Waals surface area contributed by atoms with E-state index in [0.717, 1.165) is 34.6 Å². The van der Waals surface area contributed by atoms with Gasteiger partial charge < -0.3 is 20.3 Å². The number of aromatic nitrogens is 2. The number of phenolic OH excluding ortho intramolecular Hbond substituents is 1. The molecule has 0 amide bonds. The summed E-state index contributed by atoms with van der Waals surface area (Å²) in [5.74, 6) is 1.94. The van der Waals surface area contributed by atoms with Crippen molar-refractivity contribution in [2.75, 3.05) is 5.73 Å². The zero-order valence-electron chi connectivity index (χ0n) is 11.9. The predicted octanol–water partition coefficient (Wildman–Crippen LogP) is 2.01. The Morgan fingerprint density at radius 1 is 1.19 bits per heavy atom. The summed E-state index contributed by atoms with van der Waals surface area (Å²) in [6.07, 6.45) is 1.46. The minimum absolute atomic E-state index is 0.0323. The van der Waals surface area contributed by atoms with E-state index in [1.807, 2.05) is 13.8 Å². The lowest BCUT2D eigenvalue weighted by Crippen LogP contribution is -2.07. The van der Waals surface area contributed by atoms with Crippen molar-refractivity contribution in [3.8, 4) is 28.5 Å². The molecule has 110 valence electrons.